The van der Waals surface area contributed by atoms with Gasteiger partial charge in [-0.2, -0.15) is 0 Å². The number of tetrazole rings is 1. The van der Waals surface area contributed by atoms with Crippen LogP contribution in [0.4, 0.5) is 0 Å². The van der Waals surface area contributed by atoms with E-state index in [9.17, 15) is 4.79 Å². The zero-order valence-electron chi connectivity index (χ0n) is 8.51. The summed E-state index contributed by atoms with van der Waals surface area (Å²) in [7, 11) is 0. The van der Waals surface area contributed by atoms with Gasteiger partial charge < -0.3 is 0 Å². The molecule has 2 aromatic rings. The van der Waals surface area contributed by atoms with Crippen LogP contribution in [0.25, 0.3) is 11.4 Å². The quantitative estimate of drug-likeness (QED) is 0.699. The lowest BCUT2D eigenvalue weighted by Gasteiger charge is -1.95. The van der Waals surface area contributed by atoms with Gasteiger partial charge in [0.25, 0.3) is 5.91 Å². The molecule has 76 valence electrons. The molecule has 15 heavy (non-hydrogen) atoms. The predicted octanol–water partition coefficient (Wildman–Crippen LogP) is 1.31. The van der Waals surface area contributed by atoms with E-state index in [1.54, 1.807) is 0 Å². The Labute approximate surface area is 86.7 Å². The van der Waals surface area contributed by atoms with Crippen molar-refractivity contribution in [2.45, 2.75) is 13.8 Å². The van der Waals surface area contributed by atoms with Crippen molar-refractivity contribution in [1.29, 1.82) is 0 Å². The maximum Gasteiger partial charge on any atom is 0.263 e. The summed E-state index contributed by atoms with van der Waals surface area (Å²) in [6.45, 7) is 3.38. The van der Waals surface area contributed by atoms with Gasteiger partial charge in [-0.05, 0) is 18.2 Å². The van der Waals surface area contributed by atoms with Crippen molar-refractivity contribution in [3.63, 3.8) is 0 Å². The molecule has 0 aliphatic rings. The van der Waals surface area contributed by atoms with E-state index in [0.29, 0.717) is 5.82 Å². The van der Waals surface area contributed by atoms with E-state index in [4.69, 9.17) is 0 Å². The third-order valence-corrected chi connectivity index (χ3v) is 1.97. The Morgan fingerprint density at radius 3 is 2.80 bits per heavy atom. The smallest absolute Gasteiger partial charge is 0.263 e. The van der Waals surface area contributed by atoms with Crippen LogP contribution in [0.5, 0.6) is 0 Å². The highest BCUT2D eigenvalue weighted by Gasteiger charge is 2.07. The van der Waals surface area contributed by atoms with Gasteiger partial charge in [-0.1, -0.05) is 28.6 Å². The van der Waals surface area contributed by atoms with E-state index in [1.807, 2.05) is 31.2 Å². The van der Waals surface area contributed by atoms with Crippen LogP contribution in [0, 0.1) is 6.92 Å². The van der Waals surface area contributed by atoms with Gasteiger partial charge in [0.2, 0.25) is 5.82 Å². The first kappa shape index (κ1) is 9.51. The lowest BCUT2D eigenvalue weighted by atomic mass is 10.1. The van der Waals surface area contributed by atoms with Gasteiger partial charge in [0, 0.05) is 12.5 Å². The summed E-state index contributed by atoms with van der Waals surface area (Å²) in [5.74, 6) is 0.218. The van der Waals surface area contributed by atoms with Crippen molar-refractivity contribution in [2.24, 2.45) is 0 Å². The molecule has 0 amide bonds. The topological polar surface area (TPSA) is 60.7 Å². The SMILES string of the molecule is CC(=O)n1nnc(-c2cccc(C)c2)n1. The molecule has 2 rings (SSSR count). The normalized spacial score (nSPS) is 10.3. The van der Waals surface area contributed by atoms with Crippen LogP contribution in [0.15, 0.2) is 24.3 Å². The van der Waals surface area contributed by atoms with E-state index < -0.39 is 0 Å². The standard InChI is InChI=1S/C10H10N4O/c1-7-4-3-5-9(6-7)10-11-13-14(12-10)8(2)15/h3-6H,1-2H3. The Kier molecular flexibility index (Phi) is 2.29. The number of hydrogen-bond acceptors (Lipinski definition) is 4. The molecule has 0 unspecified atom stereocenters. The monoisotopic (exact) mass is 202 g/mol. The van der Waals surface area contributed by atoms with Crippen molar-refractivity contribution in [3.8, 4) is 11.4 Å². The van der Waals surface area contributed by atoms with Crippen LogP contribution < -0.4 is 0 Å². The number of carbonyl (C=O) groups is 1. The molecule has 0 aliphatic carbocycles. The Hall–Kier alpha value is -2.04. The highest BCUT2D eigenvalue weighted by Crippen LogP contribution is 2.14. The first-order valence-electron chi connectivity index (χ1n) is 4.55. The number of carbonyl (C=O) groups excluding carboxylic acids is 1. The highest BCUT2D eigenvalue weighted by atomic mass is 16.2. The molecule has 1 heterocycles. The molecule has 0 fully saturated rings. The number of aryl methyl sites for hydroxylation is 1. The van der Waals surface area contributed by atoms with Crippen LogP contribution in [0.2, 0.25) is 0 Å². The fourth-order valence-corrected chi connectivity index (χ4v) is 1.25. The van der Waals surface area contributed by atoms with Gasteiger partial charge in [-0.15, -0.1) is 10.2 Å². The molecular formula is C10H10N4O. The third-order valence-electron chi connectivity index (χ3n) is 1.97. The average Bonchev–Trinajstić information content (AvgIpc) is 2.66. The minimum absolute atomic E-state index is 0.249. The summed E-state index contributed by atoms with van der Waals surface area (Å²) in [5.41, 5.74) is 1.98. The molecule has 0 N–H and O–H groups in total. The number of nitrogens with zero attached hydrogens (tertiary/aromatic N) is 4. The van der Waals surface area contributed by atoms with Crippen LogP contribution in [-0.4, -0.2) is 26.1 Å². The minimum atomic E-state index is -0.249. The van der Waals surface area contributed by atoms with Crippen molar-refractivity contribution in [1.82, 2.24) is 20.2 Å². The Morgan fingerprint density at radius 2 is 2.20 bits per heavy atom. The third kappa shape index (κ3) is 1.90. The van der Waals surface area contributed by atoms with Crippen LogP contribution in [-0.2, 0) is 0 Å². The zero-order chi connectivity index (χ0) is 10.8. The minimum Gasteiger partial charge on any atom is -0.271 e. The molecule has 5 nitrogen and oxygen atoms in total. The van der Waals surface area contributed by atoms with Crippen molar-refractivity contribution >= 4 is 5.91 Å². The maximum atomic E-state index is 11.0. The summed E-state index contributed by atoms with van der Waals surface area (Å²) in [6.07, 6.45) is 0. The summed E-state index contributed by atoms with van der Waals surface area (Å²) in [6, 6.07) is 7.73. The molecule has 0 bridgehead atoms. The summed E-state index contributed by atoms with van der Waals surface area (Å²) >= 11 is 0. The number of benzene rings is 1. The van der Waals surface area contributed by atoms with E-state index in [1.165, 1.54) is 6.92 Å². The summed E-state index contributed by atoms with van der Waals surface area (Å²) < 4.78 is 0. The second-order valence-electron chi connectivity index (χ2n) is 3.29. The lowest BCUT2D eigenvalue weighted by Crippen LogP contribution is -2.09. The van der Waals surface area contributed by atoms with E-state index in [-0.39, 0.29) is 5.91 Å². The molecule has 0 atom stereocenters. The fraction of sp³-hybridized carbons (Fsp3) is 0.200. The number of rotatable bonds is 1. The van der Waals surface area contributed by atoms with E-state index in [0.717, 1.165) is 15.9 Å². The molecule has 0 spiro atoms. The molecule has 5 heteroatoms. The van der Waals surface area contributed by atoms with Gasteiger partial charge in [0.1, 0.15) is 0 Å². The van der Waals surface area contributed by atoms with Gasteiger partial charge in [-0.25, -0.2) is 0 Å². The second-order valence-corrected chi connectivity index (χ2v) is 3.29. The number of hydrogen-bond donors (Lipinski definition) is 0. The largest absolute Gasteiger partial charge is 0.271 e. The molecule has 0 saturated heterocycles. The number of aromatic nitrogens is 4. The molecular weight excluding hydrogens is 192 g/mol. The van der Waals surface area contributed by atoms with Gasteiger partial charge in [-0.3, -0.25) is 4.79 Å². The zero-order valence-corrected chi connectivity index (χ0v) is 8.51. The Bertz CT molecular complexity index is 504. The first-order valence-corrected chi connectivity index (χ1v) is 4.55. The van der Waals surface area contributed by atoms with E-state index in [2.05, 4.69) is 15.4 Å². The van der Waals surface area contributed by atoms with Gasteiger partial charge in [0.05, 0.1) is 0 Å². The van der Waals surface area contributed by atoms with Crippen molar-refractivity contribution in [3.05, 3.63) is 29.8 Å². The van der Waals surface area contributed by atoms with Crippen LogP contribution in [0.1, 0.15) is 17.3 Å². The first-order chi connectivity index (χ1) is 7.16. The lowest BCUT2D eigenvalue weighted by molar-refractivity contribution is 0.0901. The van der Waals surface area contributed by atoms with Crippen LogP contribution >= 0.6 is 0 Å². The van der Waals surface area contributed by atoms with Gasteiger partial charge >= 0.3 is 0 Å². The molecule has 0 saturated carbocycles. The Morgan fingerprint density at radius 1 is 1.40 bits per heavy atom. The highest BCUT2D eigenvalue weighted by molar-refractivity contribution is 5.74. The molecule has 0 radical (unpaired) electrons. The summed E-state index contributed by atoms with van der Waals surface area (Å²) in [4.78, 5) is 11.9. The van der Waals surface area contributed by atoms with Crippen LogP contribution in [0.3, 0.4) is 0 Å². The molecule has 0 aliphatic heterocycles. The Balaban J connectivity index is 2.41. The average molecular weight is 202 g/mol. The van der Waals surface area contributed by atoms with Crippen molar-refractivity contribution < 1.29 is 4.79 Å². The summed E-state index contributed by atoms with van der Waals surface area (Å²) in [5, 5.41) is 11.4. The second kappa shape index (κ2) is 3.61. The molecule has 1 aromatic heterocycles. The van der Waals surface area contributed by atoms with Crippen molar-refractivity contribution in [2.75, 3.05) is 0 Å². The molecule has 1 aromatic carbocycles. The van der Waals surface area contributed by atoms with Gasteiger partial charge in [0.15, 0.2) is 0 Å². The fourth-order valence-electron chi connectivity index (χ4n) is 1.25. The predicted molar refractivity (Wildman–Crippen MR) is 54.3 cm³/mol. The maximum absolute atomic E-state index is 11.0. The van der Waals surface area contributed by atoms with E-state index >= 15 is 0 Å².